The van der Waals surface area contributed by atoms with Gasteiger partial charge in [0.05, 0.1) is 29.0 Å². The number of anilines is 2. The first-order chi connectivity index (χ1) is 17.0. The maximum atomic E-state index is 13.2. The zero-order valence-corrected chi connectivity index (χ0v) is 20.5. The quantitative estimate of drug-likeness (QED) is 0.305. The van der Waals surface area contributed by atoms with Gasteiger partial charge in [0, 0.05) is 5.56 Å². The fraction of sp³-hybridized carbons (Fsp3) is 0.222. The van der Waals surface area contributed by atoms with Crippen LogP contribution in [0.1, 0.15) is 82.5 Å². The van der Waals surface area contributed by atoms with Gasteiger partial charge in [-0.05, 0) is 70.0 Å². The zero-order chi connectivity index (χ0) is 26.3. The van der Waals surface area contributed by atoms with E-state index in [0.717, 1.165) is 16.0 Å². The van der Waals surface area contributed by atoms with Crippen LogP contribution in [0.4, 0.5) is 11.6 Å². The van der Waals surface area contributed by atoms with Gasteiger partial charge in [-0.1, -0.05) is 12.1 Å². The average molecular weight is 488 g/mol. The molecule has 0 unspecified atom stereocenters. The van der Waals surface area contributed by atoms with Crippen LogP contribution in [0.2, 0.25) is 0 Å². The second-order valence-electron chi connectivity index (χ2n) is 8.46. The molecular weight excluding hydrogens is 464 g/mol. The Balaban J connectivity index is 1.68. The fourth-order valence-corrected chi connectivity index (χ4v) is 4.19. The van der Waals surface area contributed by atoms with E-state index in [9.17, 15) is 24.0 Å². The summed E-state index contributed by atoms with van der Waals surface area (Å²) in [6.45, 7) is 8.11. The maximum Gasteiger partial charge on any atom is 0.344 e. The lowest BCUT2D eigenvalue weighted by atomic mass is 10.0. The summed E-state index contributed by atoms with van der Waals surface area (Å²) in [4.78, 5) is 65.0. The van der Waals surface area contributed by atoms with Crippen LogP contribution in [0.5, 0.6) is 0 Å². The number of aryl methyl sites for hydroxylation is 3. The number of carbonyl (C=O) groups excluding carboxylic acids is 5. The monoisotopic (exact) mass is 488 g/mol. The van der Waals surface area contributed by atoms with Crippen molar-refractivity contribution in [2.24, 2.45) is 0 Å². The van der Waals surface area contributed by atoms with Crippen LogP contribution in [-0.4, -0.2) is 36.1 Å². The number of amides is 3. The van der Waals surface area contributed by atoms with Crippen LogP contribution in [0.3, 0.4) is 0 Å². The number of ether oxygens (including phenoxy) is 1. The van der Waals surface area contributed by atoms with E-state index >= 15 is 0 Å². The van der Waals surface area contributed by atoms with Crippen molar-refractivity contribution in [2.75, 3.05) is 16.8 Å². The molecule has 0 aliphatic carbocycles. The Morgan fingerprint density at radius 3 is 2.31 bits per heavy atom. The number of fused-ring (bicyclic) bond motifs is 1. The third-order valence-corrected chi connectivity index (χ3v) is 5.90. The lowest BCUT2D eigenvalue weighted by Gasteiger charge is -2.17. The summed E-state index contributed by atoms with van der Waals surface area (Å²) < 4.78 is 10.5. The van der Waals surface area contributed by atoms with Crippen molar-refractivity contribution in [3.63, 3.8) is 0 Å². The molecule has 0 spiro atoms. The number of hydrogen-bond donors (Lipinski definition) is 1. The highest BCUT2D eigenvalue weighted by Gasteiger charge is 2.38. The lowest BCUT2D eigenvalue weighted by Crippen LogP contribution is -2.30. The molecule has 0 atom stereocenters. The molecule has 0 saturated carbocycles. The van der Waals surface area contributed by atoms with Gasteiger partial charge in [0.2, 0.25) is 5.88 Å². The molecule has 184 valence electrons. The molecule has 3 aromatic rings. The summed E-state index contributed by atoms with van der Waals surface area (Å²) in [6.07, 6.45) is 0. The number of esters is 1. The number of nitrogens with zero attached hydrogens (tertiary/aromatic N) is 1. The van der Waals surface area contributed by atoms with Crippen molar-refractivity contribution in [2.45, 2.75) is 34.6 Å². The predicted octanol–water partition coefficient (Wildman–Crippen LogP) is 4.64. The first-order valence-corrected chi connectivity index (χ1v) is 11.3. The van der Waals surface area contributed by atoms with Gasteiger partial charge in [-0.3, -0.25) is 24.5 Å². The Bertz CT molecular complexity index is 1460. The molecule has 1 aliphatic heterocycles. The minimum absolute atomic E-state index is 0.0163. The van der Waals surface area contributed by atoms with E-state index in [2.05, 4.69) is 5.32 Å². The number of rotatable bonds is 6. The molecule has 9 heteroatoms. The lowest BCUT2D eigenvalue weighted by molar-refractivity contribution is 0.0524. The van der Waals surface area contributed by atoms with E-state index < -0.39 is 29.5 Å². The zero-order valence-electron chi connectivity index (χ0n) is 20.5. The summed E-state index contributed by atoms with van der Waals surface area (Å²) >= 11 is 0. The molecule has 36 heavy (non-hydrogen) atoms. The van der Waals surface area contributed by atoms with E-state index in [1.807, 2.05) is 19.1 Å². The van der Waals surface area contributed by atoms with E-state index in [0.29, 0.717) is 5.69 Å². The number of ketones is 1. The van der Waals surface area contributed by atoms with Gasteiger partial charge >= 0.3 is 5.97 Å². The van der Waals surface area contributed by atoms with Crippen molar-refractivity contribution >= 4 is 41.0 Å². The molecular formula is C27H24N2O7. The van der Waals surface area contributed by atoms with E-state index in [4.69, 9.17) is 9.15 Å². The van der Waals surface area contributed by atoms with Crippen LogP contribution in [0.25, 0.3) is 0 Å². The Hall–Kier alpha value is -4.53. The Labute approximate surface area is 207 Å². The van der Waals surface area contributed by atoms with Crippen molar-refractivity contribution in [1.82, 2.24) is 0 Å². The smallest absolute Gasteiger partial charge is 0.344 e. The Morgan fingerprint density at radius 1 is 0.944 bits per heavy atom. The van der Waals surface area contributed by atoms with Crippen LogP contribution in [0.15, 0.2) is 40.8 Å². The molecule has 9 nitrogen and oxygen atoms in total. The maximum absolute atomic E-state index is 13.2. The fourth-order valence-electron chi connectivity index (χ4n) is 4.19. The van der Waals surface area contributed by atoms with Gasteiger partial charge in [0.1, 0.15) is 11.3 Å². The molecule has 0 radical (unpaired) electrons. The standard InChI is InChI=1S/C27H24N2O7/c1-6-35-27(34)22-21(15(4)30)16(5)36-24(22)28-23(31)17-9-10-18-19(12-17)26(33)29(25(18)32)20-11-13(2)7-8-14(20)3/h7-12H,6H2,1-5H3,(H,28,31). The summed E-state index contributed by atoms with van der Waals surface area (Å²) in [6, 6.07) is 9.61. The molecule has 1 N–H and O–H groups in total. The summed E-state index contributed by atoms with van der Waals surface area (Å²) in [5.74, 6) is -3.04. The molecule has 3 amide bonds. The highest BCUT2D eigenvalue weighted by molar-refractivity contribution is 6.35. The summed E-state index contributed by atoms with van der Waals surface area (Å²) in [5.41, 5.74) is 2.29. The highest BCUT2D eigenvalue weighted by Crippen LogP contribution is 2.33. The first kappa shape index (κ1) is 24.6. The van der Waals surface area contributed by atoms with Gasteiger partial charge in [-0.15, -0.1) is 0 Å². The number of Topliss-reactive ketones (excluding diaryl/α,β-unsaturated/α-hetero) is 1. The number of benzene rings is 2. The molecule has 0 saturated heterocycles. The van der Waals surface area contributed by atoms with E-state index in [1.54, 1.807) is 19.9 Å². The molecule has 2 heterocycles. The Kier molecular flexibility index (Phi) is 6.32. The largest absolute Gasteiger partial charge is 0.462 e. The van der Waals surface area contributed by atoms with Gasteiger partial charge < -0.3 is 9.15 Å². The SMILES string of the molecule is CCOC(=O)c1c(NC(=O)c2ccc3c(c2)C(=O)N(c2cc(C)ccc2C)C3=O)oc(C)c1C(C)=O. The normalized spacial score (nSPS) is 12.5. The first-order valence-electron chi connectivity index (χ1n) is 11.3. The molecule has 1 aliphatic rings. The highest BCUT2D eigenvalue weighted by atomic mass is 16.5. The van der Waals surface area contributed by atoms with Crippen molar-refractivity contribution in [3.05, 3.63) is 81.1 Å². The predicted molar refractivity (Wildman–Crippen MR) is 131 cm³/mol. The van der Waals surface area contributed by atoms with Crippen LogP contribution >= 0.6 is 0 Å². The minimum Gasteiger partial charge on any atom is -0.462 e. The Morgan fingerprint density at radius 2 is 1.64 bits per heavy atom. The average Bonchev–Trinajstić information content (AvgIpc) is 3.28. The van der Waals surface area contributed by atoms with Gasteiger partial charge in [-0.25, -0.2) is 9.69 Å². The minimum atomic E-state index is -0.811. The van der Waals surface area contributed by atoms with Gasteiger partial charge in [0.25, 0.3) is 17.7 Å². The number of imide groups is 1. The molecule has 0 fully saturated rings. The second-order valence-corrected chi connectivity index (χ2v) is 8.46. The molecule has 2 aromatic carbocycles. The van der Waals surface area contributed by atoms with Crippen molar-refractivity contribution < 1.29 is 33.1 Å². The van der Waals surface area contributed by atoms with E-state index in [1.165, 1.54) is 32.0 Å². The number of carbonyl (C=O) groups is 5. The van der Waals surface area contributed by atoms with Gasteiger partial charge in [-0.2, -0.15) is 0 Å². The third-order valence-electron chi connectivity index (χ3n) is 5.90. The molecule has 1 aromatic heterocycles. The van der Waals surface area contributed by atoms with Crippen LogP contribution < -0.4 is 10.2 Å². The van der Waals surface area contributed by atoms with Crippen LogP contribution in [0, 0.1) is 20.8 Å². The second kappa shape index (κ2) is 9.26. The number of nitrogens with one attached hydrogen (secondary N) is 1. The number of hydrogen-bond acceptors (Lipinski definition) is 7. The summed E-state index contributed by atoms with van der Waals surface area (Å²) in [7, 11) is 0. The van der Waals surface area contributed by atoms with Crippen molar-refractivity contribution in [1.29, 1.82) is 0 Å². The summed E-state index contributed by atoms with van der Waals surface area (Å²) in [5, 5.41) is 2.49. The third kappa shape index (κ3) is 4.08. The number of furan rings is 1. The van der Waals surface area contributed by atoms with Crippen molar-refractivity contribution in [3.8, 4) is 0 Å². The van der Waals surface area contributed by atoms with Crippen LogP contribution in [-0.2, 0) is 4.74 Å². The topological polar surface area (TPSA) is 123 Å². The van der Waals surface area contributed by atoms with Gasteiger partial charge in [0.15, 0.2) is 5.78 Å². The van der Waals surface area contributed by atoms with E-state index in [-0.39, 0.29) is 46.1 Å². The molecule has 4 rings (SSSR count). The molecule has 0 bridgehead atoms.